The van der Waals surface area contributed by atoms with Crippen LogP contribution in [0.3, 0.4) is 0 Å². The zero-order valence-corrected chi connectivity index (χ0v) is 8.68. The first-order valence-electron chi connectivity index (χ1n) is 4.63. The smallest absolute Gasteiger partial charge is 0.220 e. The van der Waals surface area contributed by atoms with E-state index in [0.717, 1.165) is 18.5 Å². The molecule has 1 rings (SSSR count). The maximum absolute atomic E-state index is 11.1. The van der Waals surface area contributed by atoms with Gasteiger partial charge in [-0.25, -0.2) is 4.98 Å². The number of aromatic amines is 1. The summed E-state index contributed by atoms with van der Waals surface area (Å²) < 4.78 is 0. The Balaban J connectivity index is 2.06. The lowest BCUT2D eigenvalue weighted by Gasteiger charge is -2.02. The van der Waals surface area contributed by atoms with Gasteiger partial charge in [0.1, 0.15) is 0 Å². The minimum Gasteiger partial charge on any atom is -0.356 e. The summed E-state index contributed by atoms with van der Waals surface area (Å²) in [6.45, 7) is 0.642. The Morgan fingerprint density at radius 3 is 3.14 bits per heavy atom. The summed E-state index contributed by atoms with van der Waals surface area (Å²) in [6, 6.07) is 0. The quantitative estimate of drug-likeness (QED) is 0.698. The monoisotopic (exact) mass is 215 g/mol. The van der Waals surface area contributed by atoms with Crippen molar-refractivity contribution in [2.75, 3.05) is 12.4 Å². The van der Waals surface area contributed by atoms with E-state index in [4.69, 9.17) is 11.6 Å². The molecule has 14 heavy (non-hydrogen) atoms. The Morgan fingerprint density at radius 1 is 1.64 bits per heavy atom. The molecule has 1 aromatic rings. The first-order valence-corrected chi connectivity index (χ1v) is 5.16. The summed E-state index contributed by atoms with van der Waals surface area (Å²) in [7, 11) is 0. The van der Waals surface area contributed by atoms with Crippen LogP contribution in [0, 0.1) is 0 Å². The fourth-order valence-electron chi connectivity index (χ4n) is 1.07. The molecule has 1 amide bonds. The van der Waals surface area contributed by atoms with Gasteiger partial charge >= 0.3 is 0 Å². The molecule has 1 aromatic heterocycles. The van der Waals surface area contributed by atoms with Gasteiger partial charge in [-0.05, 0) is 6.42 Å². The number of alkyl halides is 1. The third kappa shape index (κ3) is 4.28. The van der Waals surface area contributed by atoms with Crippen molar-refractivity contribution < 1.29 is 4.79 Å². The number of H-pyrrole nitrogens is 1. The van der Waals surface area contributed by atoms with E-state index in [1.165, 1.54) is 0 Å². The minimum atomic E-state index is 0.0603. The van der Waals surface area contributed by atoms with Crippen molar-refractivity contribution in [1.82, 2.24) is 15.3 Å². The molecule has 0 saturated heterocycles. The molecule has 1 heterocycles. The highest BCUT2D eigenvalue weighted by Gasteiger charge is 2.00. The largest absolute Gasteiger partial charge is 0.356 e. The van der Waals surface area contributed by atoms with Crippen molar-refractivity contribution in [3.05, 3.63) is 18.2 Å². The zero-order chi connectivity index (χ0) is 10.2. The van der Waals surface area contributed by atoms with Gasteiger partial charge in [0.15, 0.2) is 0 Å². The molecule has 78 valence electrons. The van der Waals surface area contributed by atoms with Crippen molar-refractivity contribution >= 4 is 17.5 Å². The maximum Gasteiger partial charge on any atom is 0.220 e. The molecule has 0 spiro atoms. The van der Waals surface area contributed by atoms with Gasteiger partial charge in [-0.3, -0.25) is 4.79 Å². The second-order valence-corrected chi connectivity index (χ2v) is 3.35. The number of nitrogens with zero attached hydrogens (tertiary/aromatic N) is 1. The fourth-order valence-corrected chi connectivity index (χ4v) is 1.21. The summed E-state index contributed by atoms with van der Waals surface area (Å²) in [5.74, 6) is 0.596. The van der Waals surface area contributed by atoms with E-state index in [2.05, 4.69) is 15.3 Å². The lowest BCUT2D eigenvalue weighted by molar-refractivity contribution is -0.121. The van der Waals surface area contributed by atoms with Crippen LogP contribution in [0.5, 0.6) is 0 Å². The summed E-state index contributed by atoms with van der Waals surface area (Å²) in [6.07, 6.45) is 5.41. The van der Waals surface area contributed by atoms with Crippen molar-refractivity contribution in [1.29, 1.82) is 0 Å². The van der Waals surface area contributed by atoms with Crippen molar-refractivity contribution in [3.63, 3.8) is 0 Å². The molecule has 2 N–H and O–H groups in total. The highest BCUT2D eigenvalue weighted by molar-refractivity contribution is 6.17. The second-order valence-electron chi connectivity index (χ2n) is 2.97. The van der Waals surface area contributed by atoms with Gasteiger partial charge < -0.3 is 10.3 Å². The second kappa shape index (κ2) is 6.43. The van der Waals surface area contributed by atoms with Crippen LogP contribution in [0.2, 0.25) is 0 Å². The standard InChI is InChI=1S/C9H14ClN3O/c10-4-1-2-9(14)12-5-3-8-6-11-7-13-8/h6-7H,1-5H2,(H,11,13)(H,12,14). The van der Waals surface area contributed by atoms with Gasteiger partial charge in [0.05, 0.1) is 6.33 Å². The Bertz CT molecular complexity index is 261. The molecule has 0 bridgehead atoms. The molecule has 0 aromatic carbocycles. The summed E-state index contributed by atoms with van der Waals surface area (Å²) >= 11 is 5.47. The van der Waals surface area contributed by atoms with Gasteiger partial charge in [0.25, 0.3) is 0 Å². The molecule has 4 nitrogen and oxygen atoms in total. The molecule has 0 radical (unpaired) electrons. The molecule has 0 fully saturated rings. The van der Waals surface area contributed by atoms with Crippen LogP contribution in [-0.2, 0) is 11.2 Å². The molecule has 0 aliphatic carbocycles. The molecule has 0 aliphatic rings. The van der Waals surface area contributed by atoms with E-state index in [-0.39, 0.29) is 5.91 Å². The number of imidazole rings is 1. The summed E-state index contributed by atoms with van der Waals surface area (Å²) in [5, 5.41) is 2.81. The minimum absolute atomic E-state index is 0.0603. The number of rotatable bonds is 6. The van der Waals surface area contributed by atoms with Crippen LogP contribution < -0.4 is 5.32 Å². The number of hydrogen-bond donors (Lipinski definition) is 2. The highest BCUT2D eigenvalue weighted by Crippen LogP contribution is 1.93. The number of nitrogens with one attached hydrogen (secondary N) is 2. The third-order valence-corrected chi connectivity index (χ3v) is 2.08. The normalized spacial score (nSPS) is 10.1. The zero-order valence-electron chi connectivity index (χ0n) is 7.92. The average Bonchev–Trinajstić information content (AvgIpc) is 2.67. The first kappa shape index (κ1) is 11.0. The predicted molar refractivity (Wildman–Crippen MR) is 55.3 cm³/mol. The van der Waals surface area contributed by atoms with Crippen molar-refractivity contribution in [2.45, 2.75) is 19.3 Å². The van der Waals surface area contributed by atoms with Crippen LogP contribution in [-0.4, -0.2) is 28.3 Å². The number of carbonyl (C=O) groups is 1. The molecule has 5 heteroatoms. The lowest BCUT2D eigenvalue weighted by Crippen LogP contribution is -2.25. The summed E-state index contributed by atoms with van der Waals surface area (Å²) in [5.41, 5.74) is 1.03. The van der Waals surface area contributed by atoms with Gasteiger partial charge in [-0.2, -0.15) is 0 Å². The van der Waals surface area contributed by atoms with Crippen LogP contribution in [0.4, 0.5) is 0 Å². The van der Waals surface area contributed by atoms with E-state index in [0.29, 0.717) is 18.8 Å². The van der Waals surface area contributed by atoms with E-state index in [1.54, 1.807) is 12.5 Å². The SMILES string of the molecule is O=C(CCCCl)NCCc1cnc[nH]1. The van der Waals surface area contributed by atoms with Crippen molar-refractivity contribution in [2.24, 2.45) is 0 Å². The Labute approximate surface area is 88.1 Å². The van der Waals surface area contributed by atoms with E-state index >= 15 is 0 Å². The molecule has 0 saturated carbocycles. The first-order chi connectivity index (χ1) is 6.83. The van der Waals surface area contributed by atoms with Gasteiger partial charge in [-0.15, -0.1) is 11.6 Å². The third-order valence-electron chi connectivity index (χ3n) is 1.81. The van der Waals surface area contributed by atoms with Crippen LogP contribution >= 0.6 is 11.6 Å². The molecule has 0 aliphatic heterocycles. The number of hydrogen-bond acceptors (Lipinski definition) is 2. The molecular formula is C9H14ClN3O. The highest BCUT2D eigenvalue weighted by atomic mass is 35.5. The van der Waals surface area contributed by atoms with E-state index in [1.807, 2.05) is 0 Å². The van der Waals surface area contributed by atoms with E-state index < -0.39 is 0 Å². The number of amides is 1. The van der Waals surface area contributed by atoms with Crippen LogP contribution in [0.1, 0.15) is 18.5 Å². The molecule has 0 unspecified atom stereocenters. The Kier molecular flexibility index (Phi) is 5.07. The van der Waals surface area contributed by atoms with Gasteiger partial charge in [0, 0.05) is 37.2 Å². The van der Waals surface area contributed by atoms with Gasteiger partial charge in [0.2, 0.25) is 5.91 Å². The maximum atomic E-state index is 11.1. The summed E-state index contributed by atoms with van der Waals surface area (Å²) in [4.78, 5) is 18.0. The van der Waals surface area contributed by atoms with Gasteiger partial charge in [-0.1, -0.05) is 0 Å². The number of halogens is 1. The van der Waals surface area contributed by atoms with Crippen LogP contribution in [0.25, 0.3) is 0 Å². The Morgan fingerprint density at radius 2 is 2.50 bits per heavy atom. The number of aromatic nitrogens is 2. The average molecular weight is 216 g/mol. The molecule has 0 atom stereocenters. The van der Waals surface area contributed by atoms with E-state index in [9.17, 15) is 4.79 Å². The number of carbonyl (C=O) groups excluding carboxylic acids is 1. The predicted octanol–water partition coefficient (Wildman–Crippen LogP) is 1.09. The fraction of sp³-hybridized carbons (Fsp3) is 0.556. The Hall–Kier alpha value is -1.03. The van der Waals surface area contributed by atoms with Crippen LogP contribution in [0.15, 0.2) is 12.5 Å². The topological polar surface area (TPSA) is 57.8 Å². The van der Waals surface area contributed by atoms with Crippen molar-refractivity contribution in [3.8, 4) is 0 Å². The molecular weight excluding hydrogens is 202 g/mol. The lowest BCUT2D eigenvalue weighted by atomic mass is 10.3.